The summed E-state index contributed by atoms with van der Waals surface area (Å²) in [6.45, 7) is 0. The second kappa shape index (κ2) is 3.50. The lowest BCUT2D eigenvalue weighted by molar-refractivity contribution is 0.257. The molecule has 66 valence electrons. The summed E-state index contributed by atoms with van der Waals surface area (Å²) in [7, 11) is -3.05. The highest BCUT2D eigenvalue weighted by Gasteiger charge is 2.16. The smallest absolute Gasteiger partial charge is 0.334 e. The molecule has 0 aliphatic carbocycles. The first-order valence-corrected chi connectivity index (χ1v) is 4.77. The summed E-state index contributed by atoms with van der Waals surface area (Å²) in [5, 5.41) is 1.60. The number of aromatic nitrogens is 1. The number of rotatable bonds is 2. The van der Waals surface area contributed by atoms with Gasteiger partial charge in [-0.2, -0.15) is 4.31 Å². The molecule has 0 saturated carbocycles. The minimum Gasteiger partial charge on any atom is -0.350 e. The van der Waals surface area contributed by atoms with Gasteiger partial charge in [0.15, 0.2) is 0 Å². The van der Waals surface area contributed by atoms with Crippen LogP contribution in [0, 0.1) is 0 Å². The maximum absolute atomic E-state index is 10.6. The Bertz CT molecular complexity index is 336. The monoisotopic (exact) mass is 207 g/mol. The summed E-state index contributed by atoms with van der Waals surface area (Å²) in [5.74, 6) is 0. The zero-order chi connectivity index (χ0) is 9.14. The molecule has 2 N–H and O–H groups in total. The van der Waals surface area contributed by atoms with Gasteiger partial charge in [-0.15, -0.1) is 11.3 Å². The summed E-state index contributed by atoms with van der Waals surface area (Å²) in [6, 6.07) is -1.05. The summed E-state index contributed by atoms with van der Waals surface area (Å²) >= 11 is 1.02. The number of amides is 2. The Hall–Kier alpha value is -1.15. The van der Waals surface area contributed by atoms with Crippen molar-refractivity contribution < 1.29 is 13.2 Å². The van der Waals surface area contributed by atoms with Crippen molar-refractivity contribution in [1.29, 1.82) is 0 Å². The molecule has 0 spiro atoms. The van der Waals surface area contributed by atoms with Crippen LogP contribution in [0.25, 0.3) is 0 Å². The van der Waals surface area contributed by atoms with Crippen LogP contribution in [0.2, 0.25) is 0 Å². The molecule has 1 aromatic rings. The highest BCUT2D eigenvalue weighted by Crippen LogP contribution is 2.16. The van der Waals surface area contributed by atoms with Crippen molar-refractivity contribution in [3.8, 4) is 0 Å². The lowest BCUT2D eigenvalue weighted by atomic mass is 10.9. The molecule has 12 heavy (non-hydrogen) atoms. The molecule has 1 heterocycles. The molecule has 0 aliphatic heterocycles. The number of carbonyl (C=O) groups is 1. The van der Waals surface area contributed by atoms with Gasteiger partial charge in [-0.25, -0.2) is 18.2 Å². The van der Waals surface area contributed by atoms with Crippen LogP contribution >= 0.6 is 11.3 Å². The Morgan fingerprint density at radius 3 is 2.67 bits per heavy atom. The molecule has 2 amide bonds. The average molecular weight is 207 g/mol. The Kier molecular flexibility index (Phi) is 2.61. The van der Waals surface area contributed by atoms with E-state index < -0.39 is 16.9 Å². The van der Waals surface area contributed by atoms with Crippen LogP contribution in [0.15, 0.2) is 11.6 Å². The van der Waals surface area contributed by atoms with E-state index in [-0.39, 0.29) is 5.13 Å². The molecule has 1 aromatic heterocycles. The van der Waals surface area contributed by atoms with E-state index in [0.717, 1.165) is 11.3 Å². The maximum atomic E-state index is 10.6. The van der Waals surface area contributed by atoms with Crippen LogP contribution in [0.1, 0.15) is 0 Å². The fraction of sp³-hybridized carbons (Fsp3) is 0. The third-order valence-electron chi connectivity index (χ3n) is 0.973. The number of nitrogens with zero attached hydrogens (tertiary/aromatic N) is 2. The van der Waals surface area contributed by atoms with E-state index in [9.17, 15) is 13.2 Å². The molecule has 0 bridgehead atoms. The third-order valence-corrected chi connectivity index (χ3v) is 2.58. The SMILES string of the molecule is NC(=O)N(c1nccs1)[SH](=O)=O. The number of thiol groups is 1. The number of hydrogen-bond acceptors (Lipinski definition) is 5. The quantitative estimate of drug-likeness (QED) is 0.642. The number of anilines is 1. The van der Waals surface area contributed by atoms with E-state index in [4.69, 9.17) is 5.73 Å². The molecular formula is C4H5N3O3S2. The molecule has 0 fully saturated rings. The summed E-state index contributed by atoms with van der Waals surface area (Å²) in [6.07, 6.45) is 1.38. The van der Waals surface area contributed by atoms with Crippen LogP contribution < -0.4 is 10.0 Å². The van der Waals surface area contributed by atoms with E-state index >= 15 is 0 Å². The Morgan fingerprint density at radius 2 is 2.33 bits per heavy atom. The van der Waals surface area contributed by atoms with Gasteiger partial charge in [0.1, 0.15) is 0 Å². The summed E-state index contributed by atoms with van der Waals surface area (Å²) in [5.41, 5.74) is 4.80. The topological polar surface area (TPSA) is 93.4 Å². The lowest BCUT2D eigenvalue weighted by Gasteiger charge is -2.06. The van der Waals surface area contributed by atoms with E-state index in [1.165, 1.54) is 6.20 Å². The normalized spacial score (nSPS) is 10.1. The van der Waals surface area contributed by atoms with Gasteiger partial charge in [-0.1, -0.05) is 0 Å². The minimum atomic E-state index is -3.05. The molecule has 0 radical (unpaired) electrons. The van der Waals surface area contributed by atoms with Crippen molar-refractivity contribution in [3.63, 3.8) is 0 Å². The molecule has 0 saturated heterocycles. The minimum absolute atomic E-state index is 0.0543. The summed E-state index contributed by atoms with van der Waals surface area (Å²) < 4.78 is 21.4. The van der Waals surface area contributed by atoms with E-state index in [1.807, 2.05) is 0 Å². The van der Waals surface area contributed by atoms with E-state index in [2.05, 4.69) is 4.98 Å². The van der Waals surface area contributed by atoms with Gasteiger partial charge in [0.25, 0.3) is 0 Å². The standard InChI is InChI=1S/C4H5N3O3S2/c5-3(8)7(12(9)10)4-6-1-2-11-4/h1-2,12H,(H2,5,8). The molecular weight excluding hydrogens is 202 g/mol. The van der Waals surface area contributed by atoms with Gasteiger partial charge in [0.2, 0.25) is 16.0 Å². The lowest BCUT2D eigenvalue weighted by Crippen LogP contribution is -2.34. The van der Waals surface area contributed by atoms with Gasteiger partial charge < -0.3 is 5.73 Å². The van der Waals surface area contributed by atoms with Crippen molar-refractivity contribution in [2.24, 2.45) is 5.73 Å². The Balaban J connectivity index is 3.04. The highest BCUT2D eigenvalue weighted by molar-refractivity contribution is 7.75. The van der Waals surface area contributed by atoms with Gasteiger partial charge >= 0.3 is 6.03 Å². The number of urea groups is 1. The third kappa shape index (κ3) is 1.71. The largest absolute Gasteiger partial charge is 0.350 e. The predicted octanol–water partition coefficient (Wildman–Crippen LogP) is -0.445. The average Bonchev–Trinajstić information content (AvgIpc) is 2.37. The van der Waals surface area contributed by atoms with Crippen molar-refractivity contribution in [3.05, 3.63) is 11.6 Å². The van der Waals surface area contributed by atoms with Crippen LogP contribution in [-0.4, -0.2) is 19.4 Å². The molecule has 0 unspecified atom stereocenters. The summed E-state index contributed by atoms with van der Waals surface area (Å²) in [4.78, 5) is 14.2. The zero-order valence-electron chi connectivity index (χ0n) is 5.71. The Morgan fingerprint density at radius 1 is 1.67 bits per heavy atom. The molecule has 0 atom stereocenters. The van der Waals surface area contributed by atoms with Crippen LogP contribution in [0.3, 0.4) is 0 Å². The fourth-order valence-corrected chi connectivity index (χ4v) is 1.81. The predicted molar refractivity (Wildman–Crippen MR) is 44.5 cm³/mol. The number of nitrogens with two attached hydrogens (primary N) is 1. The number of primary amides is 1. The van der Waals surface area contributed by atoms with Crippen molar-refractivity contribution in [2.75, 3.05) is 4.31 Å². The van der Waals surface area contributed by atoms with Crippen molar-refractivity contribution in [2.45, 2.75) is 0 Å². The van der Waals surface area contributed by atoms with Crippen molar-refractivity contribution >= 4 is 33.4 Å². The molecule has 0 aromatic carbocycles. The van der Waals surface area contributed by atoms with Gasteiger partial charge in [-0.3, -0.25) is 0 Å². The van der Waals surface area contributed by atoms with Crippen LogP contribution in [-0.2, 0) is 10.9 Å². The van der Waals surface area contributed by atoms with Crippen LogP contribution in [0.5, 0.6) is 0 Å². The van der Waals surface area contributed by atoms with Gasteiger partial charge in [0, 0.05) is 11.6 Å². The zero-order valence-corrected chi connectivity index (χ0v) is 7.42. The first-order valence-electron chi connectivity index (χ1n) is 2.76. The second-order valence-electron chi connectivity index (χ2n) is 1.70. The fourth-order valence-electron chi connectivity index (χ4n) is 0.565. The van der Waals surface area contributed by atoms with Crippen LogP contribution in [0.4, 0.5) is 9.93 Å². The number of thiazole rings is 1. The van der Waals surface area contributed by atoms with Gasteiger partial charge in [0.05, 0.1) is 0 Å². The maximum Gasteiger partial charge on any atom is 0.334 e. The van der Waals surface area contributed by atoms with E-state index in [1.54, 1.807) is 5.38 Å². The van der Waals surface area contributed by atoms with Gasteiger partial charge in [-0.05, 0) is 0 Å². The first kappa shape index (κ1) is 8.94. The molecule has 8 heteroatoms. The number of hydrogen-bond donors (Lipinski definition) is 2. The first-order chi connectivity index (χ1) is 5.63. The van der Waals surface area contributed by atoms with E-state index in [0.29, 0.717) is 4.31 Å². The molecule has 1 rings (SSSR count). The number of carbonyl (C=O) groups excluding carboxylic acids is 1. The molecule has 0 aliphatic rings. The highest BCUT2D eigenvalue weighted by atomic mass is 32.2. The Labute approximate surface area is 73.7 Å². The molecule has 6 nitrogen and oxygen atoms in total. The van der Waals surface area contributed by atoms with Crippen molar-refractivity contribution in [1.82, 2.24) is 4.98 Å². The second-order valence-corrected chi connectivity index (χ2v) is 3.45.